The highest BCUT2D eigenvalue weighted by molar-refractivity contribution is 5.93. The lowest BCUT2D eigenvalue weighted by atomic mass is 10.0. The summed E-state index contributed by atoms with van der Waals surface area (Å²) in [6.07, 6.45) is -0.361. The van der Waals surface area contributed by atoms with Gasteiger partial charge < -0.3 is 19.9 Å². The SMILES string of the molecule is COc1ccc(CC(OC(C)C)C(=O)O)cc1CCNC(=O)c1cc(C)nn1-c1ccccc1. The van der Waals surface area contributed by atoms with Crippen molar-refractivity contribution in [2.24, 2.45) is 0 Å². The van der Waals surface area contributed by atoms with Crippen LogP contribution in [0.15, 0.2) is 54.6 Å². The Morgan fingerprint density at radius 2 is 1.85 bits per heavy atom. The van der Waals surface area contributed by atoms with Crippen LogP contribution in [-0.4, -0.2) is 52.6 Å². The van der Waals surface area contributed by atoms with Gasteiger partial charge in [-0.3, -0.25) is 4.79 Å². The minimum Gasteiger partial charge on any atom is -0.496 e. The molecule has 0 fully saturated rings. The Morgan fingerprint density at radius 1 is 1.12 bits per heavy atom. The molecule has 0 radical (unpaired) electrons. The molecule has 1 unspecified atom stereocenters. The minimum atomic E-state index is -0.997. The summed E-state index contributed by atoms with van der Waals surface area (Å²) in [6, 6.07) is 16.8. The van der Waals surface area contributed by atoms with E-state index in [1.807, 2.05) is 69.3 Å². The molecule has 0 spiro atoms. The van der Waals surface area contributed by atoms with E-state index in [1.54, 1.807) is 17.9 Å². The second-order valence-electron chi connectivity index (χ2n) is 8.29. The number of aromatic nitrogens is 2. The maximum atomic E-state index is 12.9. The van der Waals surface area contributed by atoms with Gasteiger partial charge in [-0.1, -0.05) is 30.3 Å². The van der Waals surface area contributed by atoms with Crippen molar-refractivity contribution in [2.75, 3.05) is 13.7 Å². The van der Waals surface area contributed by atoms with E-state index in [0.29, 0.717) is 24.4 Å². The van der Waals surface area contributed by atoms with Crippen molar-refractivity contribution in [1.29, 1.82) is 0 Å². The Balaban J connectivity index is 1.69. The minimum absolute atomic E-state index is 0.193. The van der Waals surface area contributed by atoms with Gasteiger partial charge in [0.05, 0.1) is 24.6 Å². The van der Waals surface area contributed by atoms with Crippen LogP contribution in [0.25, 0.3) is 5.69 Å². The zero-order valence-corrected chi connectivity index (χ0v) is 19.9. The molecule has 0 bridgehead atoms. The number of nitrogens with one attached hydrogen (secondary N) is 1. The number of amides is 1. The lowest BCUT2D eigenvalue weighted by Crippen LogP contribution is -2.29. The highest BCUT2D eigenvalue weighted by atomic mass is 16.5. The average molecular weight is 466 g/mol. The molecule has 8 heteroatoms. The number of carboxylic acid groups (broad SMARTS) is 1. The Bertz CT molecular complexity index is 1120. The summed E-state index contributed by atoms with van der Waals surface area (Å²) in [6.45, 7) is 5.84. The number of hydrogen-bond acceptors (Lipinski definition) is 5. The number of ether oxygens (including phenoxy) is 2. The summed E-state index contributed by atoms with van der Waals surface area (Å²) in [5.41, 5.74) is 3.72. The molecule has 0 aliphatic rings. The van der Waals surface area contributed by atoms with Crippen molar-refractivity contribution in [3.05, 3.63) is 77.1 Å². The molecule has 2 aromatic carbocycles. The standard InChI is InChI=1S/C26H31N3O5/c1-17(2)34-24(26(31)32)16-19-10-11-23(33-4)20(15-19)12-13-27-25(30)22-14-18(3)28-29(22)21-8-6-5-7-9-21/h5-11,14-15,17,24H,12-13,16H2,1-4H3,(H,27,30)(H,31,32). The quantitative estimate of drug-likeness (QED) is 0.449. The average Bonchev–Trinajstić information content (AvgIpc) is 3.21. The molecule has 34 heavy (non-hydrogen) atoms. The number of carbonyl (C=O) groups is 2. The number of rotatable bonds is 11. The van der Waals surface area contributed by atoms with Crippen LogP contribution < -0.4 is 10.1 Å². The third-order valence-corrected chi connectivity index (χ3v) is 5.22. The molecule has 3 aromatic rings. The number of hydrogen-bond donors (Lipinski definition) is 2. The van der Waals surface area contributed by atoms with Gasteiger partial charge in [0.2, 0.25) is 0 Å². The molecule has 0 saturated heterocycles. The Hall–Kier alpha value is -3.65. The van der Waals surface area contributed by atoms with E-state index in [2.05, 4.69) is 10.4 Å². The fourth-order valence-corrected chi connectivity index (χ4v) is 3.72. The lowest BCUT2D eigenvalue weighted by molar-refractivity contribution is -0.153. The first-order valence-electron chi connectivity index (χ1n) is 11.2. The van der Waals surface area contributed by atoms with Crippen LogP contribution in [0.3, 0.4) is 0 Å². The van der Waals surface area contributed by atoms with Gasteiger partial charge in [-0.15, -0.1) is 0 Å². The molecular formula is C26H31N3O5. The molecule has 1 amide bonds. The topological polar surface area (TPSA) is 103 Å². The van der Waals surface area contributed by atoms with E-state index >= 15 is 0 Å². The van der Waals surface area contributed by atoms with Gasteiger partial charge >= 0.3 is 5.97 Å². The zero-order chi connectivity index (χ0) is 24.7. The molecule has 180 valence electrons. The number of aliphatic carboxylic acids is 1. The largest absolute Gasteiger partial charge is 0.496 e. The number of para-hydroxylation sites is 1. The normalized spacial score (nSPS) is 11.9. The zero-order valence-electron chi connectivity index (χ0n) is 19.9. The third kappa shape index (κ3) is 6.45. The summed E-state index contributed by atoms with van der Waals surface area (Å²) >= 11 is 0. The van der Waals surface area contributed by atoms with Crippen LogP contribution in [0, 0.1) is 6.92 Å². The van der Waals surface area contributed by atoms with Crippen LogP contribution >= 0.6 is 0 Å². The van der Waals surface area contributed by atoms with Gasteiger partial charge in [0.25, 0.3) is 5.91 Å². The smallest absolute Gasteiger partial charge is 0.333 e. The van der Waals surface area contributed by atoms with E-state index < -0.39 is 12.1 Å². The van der Waals surface area contributed by atoms with Crippen LogP contribution in [0.5, 0.6) is 5.75 Å². The van der Waals surface area contributed by atoms with E-state index in [-0.39, 0.29) is 18.4 Å². The first-order chi connectivity index (χ1) is 16.3. The first-order valence-corrected chi connectivity index (χ1v) is 11.2. The van der Waals surface area contributed by atoms with E-state index in [4.69, 9.17) is 9.47 Å². The summed E-state index contributed by atoms with van der Waals surface area (Å²) < 4.78 is 12.6. The van der Waals surface area contributed by atoms with Crippen molar-refractivity contribution < 1.29 is 24.2 Å². The van der Waals surface area contributed by atoms with E-state index in [0.717, 1.165) is 22.5 Å². The maximum Gasteiger partial charge on any atom is 0.333 e. The molecule has 0 aliphatic carbocycles. The van der Waals surface area contributed by atoms with Crippen LogP contribution in [0.1, 0.15) is 41.2 Å². The van der Waals surface area contributed by atoms with E-state index in [9.17, 15) is 14.7 Å². The lowest BCUT2D eigenvalue weighted by Gasteiger charge is -2.18. The molecule has 3 rings (SSSR count). The van der Waals surface area contributed by atoms with Gasteiger partial charge in [0.1, 0.15) is 11.4 Å². The van der Waals surface area contributed by atoms with Gasteiger partial charge in [0.15, 0.2) is 6.10 Å². The van der Waals surface area contributed by atoms with E-state index in [1.165, 1.54) is 0 Å². The van der Waals surface area contributed by atoms with Gasteiger partial charge in [0, 0.05) is 13.0 Å². The van der Waals surface area contributed by atoms with Crippen molar-refractivity contribution in [2.45, 2.75) is 45.8 Å². The van der Waals surface area contributed by atoms with Crippen molar-refractivity contribution in [3.8, 4) is 11.4 Å². The Morgan fingerprint density at radius 3 is 2.50 bits per heavy atom. The summed E-state index contributed by atoms with van der Waals surface area (Å²) in [7, 11) is 1.58. The fourth-order valence-electron chi connectivity index (χ4n) is 3.72. The molecule has 8 nitrogen and oxygen atoms in total. The van der Waals surface area contributed by atoms with Crippen LogP contribution in [0.2, 0.25) is 0 Å². The summed E-state index contributed by atoms with van der Waals surface area (Å²) in [5.74, 6) is -0.542. The molecule has 2 N–H and O–H groups in total. The molecule has 1 heterocycles. The maximum absolute atomic E-state index is 12.9. The van der Waals surface area contributed by atoms with Crippen molar-refractivity contribution >= 4 is 11.9 Å². The predicted molar refractivity (Wildman–Crippen MR) is 129 cm³/mol. The number of carbonyl (C=O) groups excluding carboxylic acids is 1. The van der Waals surface area contributed by atoms with Gasteiger partial charge in [-0.25, -0.2) is 9.48 Å². The number of methoxy groups -OCH3 is 1. The van der Waals surface area contributed by atoms with Crippen LogP contribution in [-0.2, 0) is 22.4 Å². The van der Waals surface area contributed by atoms with Gasteiger partial charge in [-0.05, 0) is 62.6 Å². The molecule has 1 atom stereocenters. The highest BCUT2D eigenvalue weighted by Crippen LogP contribution is 2.22. The summed E-state index contributed by atoms with van der Waals surface area (Å²) in [4.78, 5) is 24.5. The van der Waals surface area contributed by atoms with Crippen LogP contribution in [0.4, 0.5) is 0 Å². The number of carboxylic acids is 1. The Kier molecular flexibility index (Phi) is 8.43. The number of nitrogens with zero attached hydrogens (tertiary/aromatic N) is 2. The monoisotopic (exact) mass is 465 g/mol. The molecule has 0 saturated carbocycles. The third-order valence-electron chi connectivity index (χ3n) is 5.22. The fraction of sp³-hybridized carbons (Fsp3) is 0.346. The number of benzene rings is 2. The molecule has 0 aliphatic heterocycles. The van der Waals surface area contributed by atoms with Crippen molar-refractivity contribution in [3.63, 3.8) is 0 Å². The Labute approximate surface area is 199 Å². The summed E-state index contributed by atoms with van der Waals surface area (Å²) in [5, 5.41) is 16.9. The number of aryl methyl sites for hydroxylation is 1. The second kappa shape index (κ2) is 11.5. The molecular weight excluding hydrogens is 434 g/mol. The van der Waals surface area contributed by atoms with Gasteiger partial charge in [-0.2, -0.15) is 5.10 Å². The van der Waals surface area contributed by atoms with Crippen molar-refractivity contribution in [1.82, 2.24) is 15.1 Å². The predicted octanol–water partition coefficient (Wildman–Crippen LogP) is 3.58. The molecule has 1 aromatic heterocycles. The first kappa shape index (κ1) is 25.0. The second-order valence-corrected chi connectivity index (χ2v) is 8.29. The highest BCUT2D eigenvalue weighted by Gasteiger charge is 2.21.